The normalized spacial score (nSPS) is 10.7. The molecule has 0 radical (unpaired) electrons. The summed E-state index contributed by atoms with van der Waals surface area (Å²) < 4.78 is 5.24. The number of nitrogens with one attached hydrogen (secondary N) is 1. The number of hydrogen-bond acceptors (Lipinski definition) is 4. The molecule has 24 heavy (non-hydrogen) atoms. The van der Waals surface area contributed by atoms with Crippen LogP contribution in [0.4, 0.5) is 5.69 Å². The Hall–Kier alpha value is -1.88. The summed E-state index contributed by atoms with van der Waals surface area (Å²) in [4.78, 5) is 25.9. The lowest BCUT2D eigenvalue weighted by Gasteiger charge is -2.17. The van der Waals surface area contributed by atoms with E-state index in [1.807, 2.05) is 18.7 Å². The number of hydrogen-bond donors (Lipinski definition) is 1. The molecule has 0 atom stereocenters. The Kier molecular flexibility index (Phi) is 9.77. The Morgan fingerprint density at radius 3 is 2.25 bits per heavy atom. The van der Waals surface area contributed by atoms with Gasteiger partial charge in [-0.25, -0.2) is 4.79 Å². The number of amides is 1. The molecule has 1 N–H and O–H groups in total. The predicted octanol–water partition coefficient (Wildman–Crippen LogP) is 3.70. The van der Waals surface area contributed by atoms with Crippen LogP contribution in [0.25, 0.3) is 0 Å². The fraction of sp³-hybridized carbons (Fsp3) is 0.579. The lowest BCUT2D eigenvalue weighted by Crippen LogP contribution is -2.32. The van der Waals surface area contributed by atoms with Crippen LogP contribution in [-0.2, 0) is 9.53 Å². The first kappa shape index (κ1) is 20.2. The number of ether oxygens (including phenoxy) is 1. The van der Waals surface area contributed by atoms with Crippen molar-refractivity contribution in [3.63, 3.8) is 0 Å². The van der Waals surface area contributed by atoms with E-state index in [1.54, 1.807) is 24.3 Å². The first-order valence-electron chi connectivity index (χ1n) is 8.90. The number of likely N-dealkylation sites (N-methyl/N-ethyl adjacent to an activating group) is 1. The van der Waals surface area contributed by atoms with E-state index < -0.39 is 0 Å². The van der Waals surface area contributed by atoms with Gasteiger partial charge in [-0.3, -0.25) is 9.69 Å². The predicted molar refractivity (Wildman–Crippen MR) is 97.3 cm³/mol. The van der Waals surface area contributed by atoms with E-state index in [4.69, 9.17) is 4.74 Å². The number of benzene rings is 1. The number of nitrogens with zero attached hydrogens (tertiary/aromatic N) is 1. The summed E-state index contributed by atoms with van der Waals surface area (Å²) in [5.74, 6) is -0.363. The smallest absolute Gasteiger partial charge is 0.338 e. The van der Waals surface area contributed by atoms with Gasteiger partial charge in [-0.1, -0.05) is 40.0 Å². The van der Waals surface area contributed by atoms with Gasteiger partial charge in [-0.05, 0) is 43.8 Å². The maximum atomic E-state index is 11.9. The molecule has 0 aliphatic heterocycles. The van der Waals surface area contributed by atoms with Crippen LogP contribution in [0.3, 0.4) is 0 Å². The Morgan fingerprint density at radius 1 is 1.00 bits per heavy atom. The molecule has 0 bridgehead atoms. The largest absolute Gasteiger partial charge is 0.462 e. The highest BCUT2D eigenvalue weighted by atomic mass is 16.5. The number of carbonyl (C=O) groups is 2. The second kappa shape index (κ2) is 11.6. The molecule has 1 aromatic carbocycles. The molecule has 0 aliphatic rings. The number of unbranched alkanes of at least 4 members (excludes halogenated alkanes) is 3. The topological polar surface area (TPSA) is 58.6 Å². The van der Waals surface area contributed by atoms with Gasteiger partial charge < -0.3 is 10.1 Å². The summed E-state index contributed by atoms with van der Waals surface area (Å²) in [6, 6.07) is 6.82. The average Bonchev–Trinajstić information content (AvgIpc) is 2.60. The molecule has 5 nitrogen and oxygen atoms in total. The second-order valence-corrected chi connectivity index (χ2v) is 5.78. The van der Waals surface area contributed by atoms with Crippen molar-refractivity contribution in [3.8, 4) is 0 Å². The first-order valence-corrected chi connectivity index (χ1v) is 8.90. The molecule has 1 amide bonds. The van der Waals surface area contributed by atoms with Crippen molar-refractivity contribution in [1.82, 2.24) is 4.90 Å². The zero-order valence-corrected chi connectivity index (χ0v) is 15.1. The highest BCUT2D eigenvalue weighted by Gasteiger charge is 2.09. The van der Waals surface area contributed by atoms with Crippen molar-refractivity contribution < 1.29 is 14.3 Å². The van der Waals surface area contributed by atoms with Gasteiger partial charge in [0.15, 0.2) is 0 Å². The molecule has 1 aromatic rings. The minimum absolute atomic E-state index is 0.0510. The Labute approximate surface area is 145 Å². The zero-order chi connectivity index (χ0) is 17.8. The zero-order valence-electron chi connectivity index (χ0n) is 15.1. The molecule has 5 heteroatoms. The first-order chi connectivity index (χ1) is 11.6. The van der Waals surface area contributed by atoms with Crippen LogP contribution in [-0.4, -0.2) is 43.0 Å². The standard InChI is InChI=1S/C19H30N2O3/c1-4-7-8-9-14-24-19(23)16-10-12-17(13-11-16)20-18(22)15-21(5-2)6-3/h10-13H,4-9,14-15H2,1-3H3,(H,20,22). The van der Waals surface area contributed by atoms with E-state index in [0.717, 1.165) is 32.4 Å². The molecule has 0 unspecified atom stereocenters. The number of carbonyl (C=O) groups excluding carboxylic acids is 2. The summed E-state index contributed by atoms with van der Waals surface area (Å²) >= 11 is 0. The monoisotopic (exact) mass is 334 g/mol. The van der Waals surface area contributed by atoms with E-state index in [0.29, 0.717) is 24.4 Å². The van der Waals surface area contributed by atoms with Gasteiger partial charge in [0.05, 0.1) is 18.7 Å². The van der Waals surface area contributed by atoms with Gasteiger partial charge in [0.2, 0.25) is 5.91 Å². The quantitative estimate of drug-likeness (QED) is 0.495. The molecule has 0 saturated carbocycles. The minimum Gasteiger partial charge on any atom is -0.462 e. The summed E-state index contributed by atoms with van der Waals surface area (Å²) in [5, 5.41) is 2.84. The molecule has 0 saturated heterocycles. The maximum Gasteiger partial charge on any atom is 0.338 e. The van der Waals surface area contributed by atoms with Crippen LogP contribution >= 0.6 is 0 Å². The Bertz CT molecular complexity index is 496. The van der Waals surface area contributed by atoms with Gasteiger partial charge in [-0.15, -0.1) is 0 Å². The van der Waals surface area contributed by atoms with Crippen LogP contribution in [0.1, 0.15) is 56.8 Å². The number of anilines is 1. The van der Waals surface area contributed by atoms with Crippen LogP contribution in [0.2, 0.25) is 0 Å². The van der Waals surface area contributed by atoms with Gasteiger partial charge in [-0.2, -0.15) is 0 Å². The average molecular weight is 334 g/mol. The fourth-order valence-electron chi connectivity index (χ4n) is 2.32. The van der Waals surface area contributed by atoms with E-state index in [2.05, 4.69) is 12.2 Å². The Morgan fingerprint density at radius 2 is 1.67 bits per heavy atom. The van der Waals surface area contributed by atoms with E-state index in [1.165, 1.54) is 6.42 Å². The maximum absolute atomic E-state index is 11.9. The molecule has 134 valence electrons. The van der Waals surface area contributed by atoms with E-state index >= 15 is 0 Å². The molecule has 0 fully saturated rings. The number of rotatable bonds is 11. The van der Waals surface area contributed by atoms with Crippen LogP contribution in [0.5, 0.6) is 0 Å². The third-order valence-electron chi connectivity index (χ3n) is 3.90. The molecule has 0 heterocycles. The lowest BCUT2D eigenvalue weighted by atomic mass is 10.2. The van der Waals surface area contributed by atoms with Crippen LogP contribution < -0.4 is 5.32 Å². The van der Waals surface area contributed by atoms with Gasteiger partial charge in [0.25, 0.3) is 0 Å². The molecule has 0 aromatic heterocycles. The number of esters is 1. The third-order valence-corrected chi connectivity index (χ3v) is 3.90. The van der Waals surface area contributed by atoms with Gasteiger partial charge >= 0.3 is 5.97 Å². The van der Waals surface area contributed by atoms with Crippen LogP contribution in [0, 0.1) is 0 Å². The fourth-order valence-corrected chi connectivity index (χ4v) is 2.32. The molecular weight excluding hydrogens is 304 g/mol. The van der Waals surface area contributed by atoms with Crippen molar-refractivity contribution in [1.29, 1.82) is 0 Å². The van der Waals surface area contributed by atoms with E-state index in [-0.39, 0.29) is 11.9 Å². The Balaban J connectivity index is 2.41. The highest BCUT2D eigenvalue weighted by Crippen LogP contribution is 2.11. The SMILES string of the molecule is CCCCCCOC(=O)c1ccc(NC(=O)CN(CC)CC)cc1. The van der Waals surface area contributed by atoms with Crippen molar-refractivity contribution >= 4 is 17.6 Å². The third kappa shape index (κ3) is 7.59. The summed E-state index contributed by atoms with van der Waals surface area (Å²) in [7, 11) is 0. The minimum atomic E-state index is -0.312. The molecular formula is C19H30N2O3. The van der Waals surface area contributed by atoms with Crippen LogP contribution in [0.15, 0.2) is 24.3 Å². The van der Waals surface area contributed by atoms with Gasteiger partial charge in [0, 0.05) is 5.69 Å². The molecule has 0 spiro atoms. The van der Waals surface area contributed by atoms with Crippen molar-refractivity contribution in [2.45, 2.75) is 46.5 Å². The van der Waals surface area contributed by atoms with Gasteiger partial charge in [0.1, 0.15) is 0 Å². The van der Waals surface area contributed by atoms with E-state index in [9.17, 15) is 9.59 Å². The summed E-state index contributed by atoms with van der Waals surface area (Å²) in [6.07, 6.45) is 4.31. The summed E-state index contributed by atoms with van der Waals surface area (Å²) in [6.45, 7) is 8.71. The summed E-state index contributed by atoms with van der Waals surface area (Å²) in [5.41, 5.74) is 1.19. The lowest BCUT2D eigenvalue weighted by molar-refractivity contribution is -0.117. The second-order valence-electron chi connectivity index (χ2n) is 5.78. The van der Waals surface area contributed by atoms with Crippen molar-refractivity contribution in [2.75, 3.05) is 31.6 Å². The van der Waals surface area contributed by atoms with Crippen molar-refractivity contribution in [3.05, 3.63) is 29.8 Å². The molecule has 1 rings (SSSR count). The van der Waals surface area contributed by atoms with Crippen molar-refractivity contribution in [2.24, 2.45) is 0 Å². The highest BCUT2D eigenvalue weighted by molar-refractivity contribution is 5.94. The molecule has 0 aliphatic carbocycles.